The zero-order chi connectivity index (χ0) is 24.4. The van der Waals surface area contributed by atoms with Crippen LogP contribution in [0.5, 0.6) is 0 Å². The molecule has 10 nitrogen and oxygen atoms in total. The Hall–Kier alpha value is -4.47. The topological polar surface area (TPSA) is 160 Å². The van der Waals surface area contributed by atoms with Gasteiger partial charge in [0.05, 0.1) is 10.9 Å². The van der Waals surface area contributed by atoms with Crippen LogP contribution in [-0.4, -0.2) is 43.5 Å². The highest BCUT2D eigenvalue weighted by molar-refractivity contribution is 6.00. The number of hydrogen-bond acceptors (Lipinski definition) is 5. The maximum atomic E-state index is 12.6. The smallest absolute Gasteiger partial charge is 0.326 e. The maximum absolute atomic E-state index is 12.6. The van der Waals surface area contributed by atoms with E-state index in [0.717, 1.165) is 16.5 Å². The fourth-order valence-electron chi connectivity index (χ4n) is 3.86. The predicted molar refractivity (Wildman–Crippen MR) is 125 cm³/mol. The number of nitrogens with two attached hydrogens (primary N) is 1. The molecule has 0 fully saturated rings. The van der Waals surface area contributed by atoms with Crippen molar-refractivity contribution in [2.45, 2.75) is 32.4 Å². The summed E-state index contributed by atoms with van der Waals surface area (Å²) in [5, 5.41) is 13.0. The van der Waals surface area contributed by atoms with Crippen LogP contribution in [0, 0.1) is 6.92 Å². The van der Waals surface area contributed by atoms with Crippen LogP contribution in [0.25, 0.3) is 21.8 Å². The van der Waals surface area contributed by atoms with E-state index in [1.807, 2.05) is 35.0 Å². The van der Waals surface area contributed by atoms with Crippen molar-refractivity contribution in [2.24, 2.45) is 5.73 Å². The molecular formula is C24H23N5O5. The molecule has 5 N–H and O–H groups in total. The Morgan fingerprint density at radius 3 is 2.71 bits per heavy atom. The second-order valence-electron chi connectivity index (χ2n) is 8.09. The quantitative estimate of drug-likeness (QED) is 0.312. The number of benzene rings is 2. The van der Waals surface area contributed by atoms with Crippen molar-refractivity contribution in [3.63, 3.8) is 0 Å². The van der Waals surface area contributed by atoms with Gasteiger partial charge >= 0.3 is 5.97 Å². The lowest BCUT2D eigenvalue weighted by Crippen LogP contribution is -2.41. The Morgan fingerprint density at radius 1 is 1.18 bits per heavy atom. The summed E-state index contributed by atoms with van der Waals surface area (Å²) >= 11 is 0. The summed E-state index contributed by atoms with van der Waals surface area (Å²) in [6.45, 7) is 2.24. The minimum atomic E-state index is -1.23. The molecule has 0 aliphatic heterocycles. The standard InChI is InChI=1S/C24H23N5O5/c1-13-26-18-4-2-14(10-17(18)23(32)27-13)12-29-9-8-15-11-16(3-6-20(15)29)22(31)28-19(24(33)34)5-7-21(25)30/h2-4,6,8-11,19H,5,7,12H2,1H3,(H2,25,30)(H,28,31)(H,33,34)(H,26,27,32)/t19-/m0/s1. The Labute approximate surface area is 193 Å². The highest BCUT2D eigenvalue weighted by atomic mass is 16.4. The van der Waals surface area contributed by atoms with Gasteiger partial charge in [-0.15, -0.1) is 0 Å². The van der Waals surface area contributed by atoms with Crippen molar-refractivity contribution < 1.29 is 19.5 Å². The van der Waals surface area contributed by atoms with Gasteiger partial charge in [0.1, 0.15) is 11.9 Å². The summed E-state index contributed by atoms with van der Waals surface area (Å²) in [6, 6.07) is 11.2. The number of aromatic amines is 1. The van der Waals surface area contributed by atoms with Gasteiger partial charge < -0.3 is 25.7 Å². The second kappa shape index (κ2) is 9.18. The molecule has 174 valence electrons. The molecule has 4 rings (SSSR count). The SMILES string of the molecule is Cc1nc2ccc(Cn3ccc4cc(C(=O)N[C@@H](CCC(N)=O)C(=O)O)ccc43)cc2c(=O)[nH]1. The largest absolute Gasteiger partial charge is 0.480 e. The first-order valence-electron chi connectivity index (χ1n) is 10.6. The molecule has 0 radical (unpaired) electrons. The lowest BCUT2D eigenvalue weighted by Gasteiger charge is -2.14. The van der Waals surface area contributed by atoms with Gasteiger partial charge in [0.2, 0.25) is 5.91 Å². The molecule has 0 saturated carbocycles. The average molecular weight is 461 g/mol. The molecule has 1 atom stereocenters. The number of carbonyl (C=O) groups excluding carboxylic acids is 2. The van der Waals surface area contributed by atoms with Crippen LogP contribution >= 0.6 is 0 Å². The van der Waals surface area contributed by atoms with E-state index in [-0.39, 0.29) is 18.4 Å². The Bertz CT molecular complexity index is 1490. The zero-order valence-corrected chi connectivity index (χ0v) is 18.4. The summed E-state index contributed by atoms with van der Waals surface area (Å²) in [6.07, 6.45) is 1.65. The Morgan fingerprint density at radius 2 is 1.97 bits per heavy atom. The van der Waals surface area contributed by atoms with E-state index in [1.54, 1.807) is 25.1 Å². The molecule has 34 heavy (non-hydrogen) atoms. The van der Waals surface area contributed by atoms with E-state index in [9.17, 15) is 24.3 Å². The molecule has 0 bridgehead atoms. The van der Waals surface area contributed by atoms with Gasteiger partial charge in [0.25, 0.3) is 11.5 Å². The maximum Gasteiger partial charge on any atom is 0.326 e. The number of carboxylic acids is 1. The number of carboxylic acid groups (broad SMARTS) is 1. The highest BCUT2D eigenvalue weighted by Crippen LogP contribution is 2.20. The third-order valence-electron chi connectivity index (χ3n) is 5.56. The first-order chi connectivity index (χ1) is 16.2. The van der Waals surface area contributed by atoms with Gasteiger partial charge in [-0.25, -0.2) is 9.78 Å². The van der Waals surface area contributed by atoms with Crippen LogP contribution in [0.2, 0.25) is 0 Å². The van der Waals surface area contributed by atoms with Gasteiger partial charge in [0.15, 0.2) is 0 Å². The van der Waals surface area contributed by atoms with E-state index in [4.69, 9.17) is 5.73 Å². The number of amides is 2. The number of nitrogens with one attached hydrogen (secondary N) is 2. The lowest BCUT2D eigenvalue weighted by atomic mass is 10.1. The van der Waals surface area contributed by atoms with Crippen LogP contribution in [0.15, 0.2) is 53.5 Å². The summed E-state index contributed by atoms with van der Waals surface area (Å²) in [4.78, 5) is 54.2. The molecule has 0 aliphatic rings. The van der Waals surface area contributed by atoms with E-state index in [1.165, 1.54) is 0 Å². The van der Waals surface area contributed by atoms with Gasteiger partial charge in [0, 0.05) is 35.6 Å². The number of nitrogens with zero attached hydrogens (tertiary/aromatic N) is 2. The number of primary amides is 1. The normalized spacial score (nSPS) is 12.0. The number of aliphatic carboxylic acids is 1. The lowest BCUT2D eigenvalue weighted by molar-refractivity contribution is -0.139. The molecule has 2 aromatic carbocycles. The molecule has 0 unspecified atom stereocenters. The third kappa shape index (κ3) is 4.80. The number of rotatable bonds is 8. The zero-order valence-electron chi connectivity index (χ0n) is 18.4. The number of carbonyl (C=O) groups is 3. The van der Waals surface area contributed by atoms with Gasteiger partial charge in [-0.1, -0.05) is 6.07 Å². The monoisotopic (exact) mass is 461 g/mol. The minimum absolute atomic E-state index is 0.0846. The van der Waals surface area contributed by atoms with Crippen LogP contribution in [0.4, 0.5) is 0 Å². The van der Waals surface area contributed by atoms with Crippen LogP contribution in [0.1, 0.15) is 34.6 Å². The van der Waals surface area contributed by atoms with Crippen molar-refractivity contribution >= 4 is 39.6 Å². The Kier molecular flexibility index (Phi) is 6.13. The first-order valence-corrected chi connectivity index (χ1v) is 10.6. The van der Waals surface area contributed by atoms with E-state index in [0.29, 0.717) is 28.8 Å². The average Bonchev–Trinajstić information content (AvgIpc) is 3.18. The summed E-state index contributed by atoms with van der Waals surface area (Å²) in [7, 11) is 0. The molecule has 0 saturated heterocycles. The van der Waals surface area contributed by atoms with Crippen molar-refractivity contribution in [2.75, 3.05) is 0 Å². The summed E-state index contributed by atoms with van der Waals surface area (Å²) in [5.41, 5.74) is 7.61. The predicted octanol–water partition coefficient (Wildman–Crippen LogP) is 1.68. The fraction of sp³-hybridized carbons (Fsp3) is 0.208. The first kappa shape index (κ1) is 22.7. The summed E-state index contributed by atoms with van der Waals surface area (Å²) in [5.74, 6) is -1.86. The third-order valence-corrected chi connectivity index (χ3v) is 5.56. The molecule has 2 amide bonds. The number of aryl methyl sites for hydroxylation is 1. The summed E-state index contributed by atoms with van der Waals surface area (Å²) < 4.78 is 1.99. The van der Waals surface area contributed by atoms with Gasteiger partial charge in [-0.3, -0.25) is 14.4 Å². The molecule has 2 heterocycles. The van der Waals surface area contributed by atoms with E-state index < -0.39 is 23.8 Å². The van der Waals surface area contributed by atoms with Crippen molar-refractivity contribution in [3.8, 4) is 0 Å². The molecule has 2 aromatic heterocycles. The molecule has 0 spiro atoms. The molecule has 4 aromatic rings. The van der Waals surface area contributed by atoms with E-state index in [2.05, 4.69) is 15.3 Å². The van der Waals surface area contributed by atoms with Crippen LogP contribution in [0.3, 0.4) is 0 Å². The van der Waals surface area contributed by atoms with Crippen molar-refractivity contribution in [3.05, 3.63) is 76.0 Å². The van der Waals surface area contributed by atoms with Gasteiger partial charge in [-0.05, 0) is 55.3 Å². The van der Waals surface area contributed by atoms with Gasteiger partial charge in [-0.2, -0.15) is 0 Å². The van der Waals surface area contributed by atoms with Crippen molar-refractivity contribution in [1.82, 2.24) is 19.9 Å². The minimum Gasteiger partial charge on any atom is -0.480 e. The number of hydrogen-bond donors (Lipinski definition) is 4. The second-order valence-corrected chi connectivity index (χ2v) is 8.09. The van der Waals surface area contributed by atoms with Crippen molar-refractivity contribution in [1.29, 1.82) is 0 Å². The van der Waals surface area contributed by atoms with Crippen LogP contribution in [-0.2, 0) is 16.1 Å². The number of aromatic nitrogens is 3. The Balaban J connectivity index is 1.54. The number of H-pyrrole nitrogens is 1. The number of fused-ring (bicyclic) bond motifs is 2. The fourth-order valence-corrected chi connectivity index (χ4v) is 3.86. The van der Waals surface area contributed by atoms with E-state index >= 15 is 0 Å². The van der Waals surface area contributed by atoms with Crippen LogP contribution < -0.4 is 16.6 Å². The molecule has 0 aliphatic carbocycles. The molecule has 10 heteroatoms. The highest BCUT2D eigenvalue weighted by Gasteiger charge is 2.21. The molecular weight excluding hydrogens is 438 g/mol.